The molecule has 0 aliphatic carbocycles. The number of halogens is 2. The Morgan fingerprint density at radius 1 is 0.829 bits per heavy atom. The van der Waals surface area contributed by atoms with Crippen LogP contribution >= 0.6 is 31.9 Å². The Bertz CT molecular complexity index is 1500. The molecule has 1 aliphatic heterocycles. The Kier molecular flexibility index (Phi) is 6.06. The molecule has 0 fully saturated rings. The van der Waals surface area contributed by atoms with Gasteiger partial charge in [-0.25, -0.2) is 0 Å². The maximum atomic E-state index is 13.8. The van der Waals surface area contributed by atoms with Crippen molar-refractivity contribution >= 4 is 54.4 Å². The standard InChI is InChI=1S/C26H19Br2NO6/c1-32-19-10-13(11-20(33-2)24(19)34-3)22-21-23(30)17-12-15(28)6-9-18(17)35-25(21)26(31)29(22)16-7-4-14(27)5-8-16/h4-12,22H,1-3H3. The molecule has 0 bridgehead atoms. The zero-order valence-corrected chi connectivity index (χ0v) is 22.1. The molecule has 0 N–H and O–H groups in total. The number of ether oxygens (including phenoxy) is 3. The summed E-state index contributed by atoms with van der Waals surface area (Å²) in [5.74, 6) is 0.820. The Hall–Kier alpha value is -3.30. The van der Waals surface area contributed by atoms with E-state index in [1.165, 1.54) is 21.3 Å². The maximum absolute atomic E-state index is 13.8. The maximum Gasteiger partial charge on any atom is 0.295 e. The van der Waals surface area contributed by atoms with Crippen molar-refractivity contribution in [1.29, 1.82) is 0 Å². The first-order chi connectivity index (χ1) is 16.9. The van der Waals surface area contributed by atoms with Crippen molar-refractivity contribution < 1.29 is 23.4 Å². The van der Waals surface area contributed by atoms with Crippen LogP contribution in [-0.2, 0) is 0 Å². The summed E-state index contributed by atoms with van der Waals surface area (Å²) < 4.78 is 24.2. The third-order valence-corrected chi connectivity index (χ3v) is 6.96. The monoisotopic (exact) mass is 599 g/mol. The number of hydrogen-bond acceptors (Lipinski definition) is 6. The number of carbonyl (C=O) groups excluding carboxylic acids is 1. The number of rotatable bonds is 5. The molecule has 1 aromatic heterocycles. The topological polar surface area (TPSA) is 78.2 Å². The molecule has 4 aromatic rings. The zero-order chi connectivity index (χ0) is 24.9. The Labute approximate surface area is 217 Å². The van der Waals surface area contributed by atoms with Crippen LogP contribution in [0, 0.1) is 0 Å². The third kappa shape index (κ3) is 3.79. The number of carbonyl (C=O) groups is 1. The van der Waals surface area contributed by atoms with Gasteiger partial charge in [0.25, 0.3) is 5.91 Å². The highest BCUT2D eigenvalue weighted by Gasteiger charge is 2.44. The van der Waals surface area contributed by atoms with E-state index in [1.807, 2.05) is 12.1 Å². The molecule has 2 heterocycles. The van der Waals surface area contributed by atoms with E-state index in [2.05, 4.69) is 31.9 Å². The zero-order valence-electron chi connectivity index (χ0n) is 18.9. The highest BCUT2D eigenvalue weighted by molar-refractivity contribution is 9.10. The number of amides is 1. The molecule has 178 valence electrons. The van der Waals surface area contributed by atoms with Gasteiger partial charge in [-0.3, -0.25) is 14.5 Å². The molecule has 7 nitrogen and oxygen atoms in total. The van der Waals surface area contributed by atoms with Crippen molar-refractivity contribution in [1.82, 2.24) is 0 Å². The molecule has 0 saturated heterocycles. The summed E-state index contributed by atoms with van der Waals surface area (Å²) in [6.07, 6.45) is 0. The summed E-state index contributed by atoms with van der Waals surface area (Å²) in [7, 11) is 4.54. The van der Waals surface area contributed by atoms with Crippen molar-refractivity contribution in [2.24, 2.45) is 0 Å². The van der Waals surface area contributed by atoms with Crippen molar-refractivity contribution in [2.75, 3.05) is 26.2 Å². The normalized spacial score (nSPS) is 14.8. The van der Waals surface area contributed by atoms with Gasteiger partial charge in [0, 0.05) is 14.6 Å². The fourth-order valence-electron chi connectivity index (χ4n) is 4.39. The fourth-order valence-corrected chi connectivity index (χ4v) is 5.01. The predicted octanol–water partition coefficient (Wildman–Crippen LogP) is 6.09. The van der Waals surface area contributed by atoms with Crippen molar-refractivity contribution in [2.45, 2.75) is 6.04 Å². The molecule has 0 saturated carbocycles. The molecule has 1 unspecified atom stereocenters. The van der Waals surface area contributed by atoms with Crippen LogP contribution < -0.4 is 24.5 Å². The van der Waals surface area contributed by atoms with E-state index in [-0.39, 0.29) is 16.8 Å². The lowest BCUT2D eigenvalue weighted by Gasteiger charge is -2.26. The summed E-state index contributed by atoms with van der Waals surface area (Å²) in [4.78, 5) is 29.1. The lowest BCUT2D eigenvalue weighted by Crippen LogP contribution is -2.29. The SMILES string of the molecule is COc1cc(C2c3c(oc4ccc(Br)cc4c3=O)C(=O)N2c2ccc(Br)cc2)cc(OC)c1OC. The number of benzene rings is 3. The largest absolute Gasteiger partial charge is 0.493 e. The van der Waals surface area contributed by atoms with Crippen LogP contribution in [0.5, 0.6) is 17.2 Å². The number of nitrogens with zero attached hydrogens (tertiary/aromatic N) is 1. The molecule has 5 rings (SSSR count). The van der Waals surface area contributed by atoms with Gasteiger partial charge in [0.05, 0.1) is 38.3 Å². The van der Waals surface area contributed by atoms with E-state index >= 15 is 0 Å². The van der Waals surface area contributed by atoms with Crippen molar-refractivity contribution in [3.05, 3.63) is 90.7 Å². The first-order valence-electron chi connectivity index (χ1n) is 10.5. The highest BCUT2D eigenvalue weighted by atomic mass is 79.9. The number of fused-ring (bicyclic) bond motifs is 2. The molecule has 1 atom stereocenters. The predicted molar refractivity (Wildman–Crippen MR) is 139 cm³/mol. The molecule has 1 amide bonds. The second-order valence-electron chi connectivity index (χ2n) is 7.83. The van der Waals surface area contributed by atoms with Crippen molar-refractivity contribution in [3.8, 4) is 17.2 Å². The highest BCUT2D eigenvalue weighted by Crippen LogP contribution is 2.46. The number of anilines is 1. The lowest BCUT2D eigenvalue weighted by molar-refractivity contribution is 0.0971. The van der Waals surface area contributed by atoms with E-state index in [0.29, 0.717) is 39.5 Å². The summed E-state index contributed by atoms with van der Waals surface area (Å²) >= 11 is 6.85. The molecular weight excluding hydrogens is 582 g/mol. The quantitative estimate of drug-likeness (QED) is 0.276. The lowest BCUT2D eigenvalue weighted by atomic mass is 9.97. The molecule has 1 aliphatic rings. The van der Waals surface area contributed by atoms with Gasteiger partial charge in [0.1, 0.15) is 5.58 Å². The van der Waals surface area contributed by atoms with Crippen LogP contribution in [0.4, 0.5) is 5.69 Å². The minimum Gasteiger partial charge on any atom is -0.493 e. The van der Waals surface area contributed by atoms with Gasteiger partial charge in [0.2, 0.25) is 11.5 Å². The molecule has 3 aromatic carbocycles. The van der Waals surface area contributed by atoms with E-state index in [9.17, 15) is 9.59 Å². The average Bonchev–Trinajstić information content (AvgIpc) is 3.16. The Balaban J connectivity index is 1.84. The summed E-state index contributed by atoms with van der Waals surface area (Å²) in [6, 6.07) is 15.1. The van der Waals surface area contributed by atoms with Gasteiger partial charge >= 0.3 is 0 Å². The van der Waals surface area contributed by atoms with Gasteiger partial charge < -0.3 is 18.6 Å². The van der Waals surface area contributed by atoms with Gasteiger partial charge in [-0.1, -0.05) is 31.9 Å². The van der Waals surface area contributed by atoms with Crippen LogP contribution in [0.2, 0.25) is 0 Å². The van der Waals surface area contributed by atoms with Gasteiger partial charge in [-0.05, 0) is 60.2 Å². The van der Waals surface area contributed by atoms with Crippen LogP contribution in [0.3, 0.4) is 0 Å². The first-order valence-corrected chi connectivity index (χ1v) is 12.1. The van der Waals surface area contributed by atoms with Gasteiger partial charge in [-0.2, -0.15) is 0 Å². The van der Waals surface area contributed by atoms with Crippen LogP contribution in [-0.4, -0.2) is 27.2 Å². The van der Waals surface area contributed by atoms with Gasteiger partial charge in [-0.15, -0.1) is 0 Å². The summed E-state index contributed by atoms with van der Waals surface area (Å²) in [5, 5.41) is 0.376. The van der Waals surface area contributed by atoms with E-state index < -0.39 is 11.9 Å². The van der Waals surface area contributed by atoms with Crippen LogP contribution in [0.25, 0.3) is 11.0 Å². The Morgan fingerprint density at radius 3 is 2.06 bits per heavy atom. The van der Waals surface area contributed by atoms with Crippen LogP contribution in [0.15, 0.2) is 72.8 Å². The minimum atomic E-state index is -0.785. The van der Waals surface area contributed by atoms with E-state index in [4.69, 9.17) is 18.6 Å². The Morgan fingerprint density at radius 2 is 1.46 bits per heavy atom. The first kappa shape index (κ1) is 23.4. The smallest absolute Gasteiger partial charge is 0.295 e. The van der Waals surface area contributed by atoms with Gasteiger partial charge in [0.15, 0.2) is 16.9 Å². The van der Waals surface area contributed by atoms with E-state index in [0.717, 1.165) is 8.95 Å². The molecule has 35 heavy (non-hydrogen) atoms. The molecule has 0 radical (unpaired) electrons. The van der Waals surface area contributed by atoms with E-state index in [1.54, 1.807) is 47.4 Å². The molecule has 9 heteroatoms. The third-order valence-electron chi connectivity index (χ3n) is 5.94. The average molecular weight is 601 g/mol. The minimum absolute atomic E-state index is 0.00601. The fraction of sp³-hybridized carbons (Fsp3) is 0.154. The van der Waals surface area contributed by atoms with Crippen molar-refractivity contribution in [3.63, 3.8) is 0 Å². The second kappa shape index (κ2) is 9.05. The second-order valence-corrected chi connectivity index (χ2v) is 9.66. The molecular formula is C26H19Br2NO6. The molecule has 0 spiro atoms. The summed E-state index contributed by atoms with van der Waals surface area (Å²) in [6.45, 7) is 0. The van der Waals surface area contributed by atoms with Crippen LogP contribution in [0.1, 0.15) is 27.7 Å². The summed E-state index contributed by atoms with van der Waals surface area (Å²) in [5.41, 5.74) is 1.52. The number of hydrogen-bond donors (Lipinski definition) is 0. The number of methoxy groups -OCH3 is 3.